The number of hydrogen-bond acceptors (Lipinski definition) is 11. The van der Waals surface area contributed by atoms with Crippen LogP contribution in [0.4, 0.5) is 4.79 Å². The van der Waals surface area contributed by atoms with Crippen LogP contribution in [-0.4, -0.2) is 63.6 Å². The zero-order valence-electron chi connectivity index (χ0n) is 22.8. The monoisotopic (exact) mass is 679 g/mol. The van der Waals surface area contributed by atoms with Crippen molar-refractivity contribution in [3.8, 4) is 29.1 Å². The van der Waals surface area contributed by atoms with E-state index in [1.807, 2.05) is 6.07 Å². The molecule has 0 fully saturated rings. The molecule has 2 amide bonds. The predicted octanol–water partition coefficient (Wildman–Crippen LogP) is 2.72. The van der Waals surface area contributed by atoms with Gasteiger partial charge in [-0.15, -0.1) is 0 Å². The highest BCUT2D eigenvalue weighted by molar-refractivity contribution is 14.1. The van der Waals surface area contributed by atoms with Crippen molar-refractivity contribution in [3.63, 3.8) is 0 Å². The van der Waals surface area contributed by atoms with Crippen LogP contribution in [0, 0.1) is 14.9 Å². The van der Waals surface area contributed by atoms with Crippen LogP contribution in [0.25, 0.3) is 0 Å². The van der Waals surface area contributed by atoms with Gasteiger partial charge in [-0.25, -0.2) is 9.59 Å². The van der Waals surface area contributed by atoms with E-state index in [-0.39, 0.29) is 18.8 Å². The number of carbonyl (C=O) groups is 2. The van der Waals surface area contributed by atoms with Gasteiger partial charge < -0.3 is 39.4 Å². The number of urea groups is 1. The van der Waals surface area contributed by atoms with Gasteiger partial charge in [-0.05, 0) is 71.8 Å². The Bertz CT molecular complexity index is 1370. The number of aliphatic hydroxyl groups excluding tert-OH is 1. The highest BCUT2D eigenvalue weighted by atomic mass is 127. The number of rotatable bonds is 13. The highest BCUT2D eigenvalue weighted by Crippen LogP contribution is 2.35. The number of nitriles is 1. The molecule has 2 aromatic rings. The van der Waals surface area contributed by atoms with E-state index in [4.69, 9.17) is 28.9 Å². The Balaban J connectivity index is 1.69. The molecule has 4 N–H and O–H groups in total. The number of benzene rings is 2. The molecule has 0 aliphatic carbocycles. The normalized spacial score (nSPS) is 15.3. The second-order valence-corrected chi connectivity index (χ2v) is 9.56. The Labute approximate surface area is 250 Å². The van der Waals surface area contributed by atoms with Gasteiger partial charge in [0.1, 0.15) is 12.7 Å². The van der Waals surface area contributed by atoms with Crippen molar-refractivity contribution in [1.82, 2.24) is 16.1 Å². The van der Waals surface area contributed by atoms with Crippen molar-refractivity contribution in [2.24, 2.45) is 5.10 Å². The fourth-order valence-electron chi connectivity index (χ4n) is 3.88. The van der Waals surface area contributed by atoms with Gasteiger partial charge in [0, 0.05) is 5.70 Å². The van der Waals surface area contributed by atoms with Gasteiger partial charge in [0.15, 0.2) is 35.8 Å². The highest BCUT2D eigenvalue weighted by Gasteiger charge is 2.32. The van der Waals surface area contributed by atoms with Gasteiger partial charge in [0.25, 0.3) is 0 Å². The third kappa shape index (κ3) is 8.14. The third-order valence-corrected chi connectivity index (χ3v) is 6.44. The standard InChI is InChI=1S/C27H30IN5O8/c1-5-39-20-12-17(24-23(26(35)38-4)15(2)31-27(36)32-24)6-7-19(20)41-14-22(34)33-30-13-16-10-18(28)25(40-9-8-29)21(11-16)37-3/h6-7,10-13,22,24,33-34H,5,9,14H2,1-4H3,(H2,31,32,36)/b30-13-/t22-,24+/m0/s1. The average Bonchev–Trinajstić information content (AvgIpc) is 2.95. The van der Waals surface area contributed by atoms with Crippen LogP contribution in [0.2, 0.25) is 0 Å². The lowest BCUT2D eigenvalue weighted by atomic mass is 9.95. The number of esters is 1. The van der Waals surface area contributed by atoms with Gasteiger partial charge in [0.05, 0.1) is 42.2 Å². The molecule has 13 nitrogen and oxygen atoms in total. The summed E-state index contributed by atoms with van der Waals surface area (Å²) in [4.78, 5) is 24.5. The minimum atomic E-state index is -1.17. The Hall–Kier alpha value is -4.23. The Morgan fingerprint density at radius 1 is 1.22 bits per heavy atom. The van der Waals surface area contributed by atoms with E-state index in [1.54, 1.807) is 44.2 Å². The van der Waals surface area contributed by atoms with Crippen LogP contribution in [-0.2, 0) is 9.53 Å². The van der Waals surface area contributed by atoms with E-state index in [9.17, 15) is 14.7 Å². The Kier molecular flexibility index (Phi) is 11.4. The molecule has 218 valence electrons. The third-order valence-electron chi connectivity index (χ3n) is 5.64. The lowest BCUT2D eigenvalue weighted by Gasteiger charge is -2.28. The number of ether oxygens (including phenoxy) is 5. The summed E-state index contributed by atoms with van der Waals surface area (Å²) in [5.74, 6) is 1.02. The van der Waals surface area contributed by atoms with Gasteiger partial charge in [-0.3, -0.25) is 5.43 Å². The lowest BCUT2D eigenvalue weighted by Crippen LogP contribution is -2.45. The molecule has 14 heteroatoms. The summed E-state index contributed by atoms with van der Waals surface area (Å²) in [6.07, 6.45) is 0.323. The van der Waals surface area contributed by atoms with E-state index in [1.165, 1.54) is 20.4 Å². The van der Waals surface area contributed by atoms with Gasteiger partial charge in [-0.2, -0.15) is 10.4 Å². The molecule has 0 unspecified atom stereocenters. The smallest absolute Gasteiger partial charge is 0.337 e. The molecular weight excluding hydrogens is 649 g/mol. The van der Waals surface area contributed by atoms with Crippen molar-refractivity contribution < 1.29 is 38.4 Å². The van der Waals surface area contributed by atoms with E-state index in [0.29, 0.717) is 46.4 Å². The van der Waals surface area contributed by atoms with Crippen molar-refractivity contribution in [3.05, 3.63) is 56.3 Å². The van der Waals surface area contributed by atoms with Gasteiger partial charge in [0.2, 0.25) is 0 Å². The summed E-state index contributed by atoms with van der Waals surface area (Å²) in [5.41, 5.74) is 4.48. The Morgan fingerprint density at radius 2 is 2.00 bits per heavy atom. The topological polar surface area (TPSA) is 173 Å². The summed E-state index contributed by atoms with van der Waals surface area (Å²) in [6.45, 7) is 3.46. The summed E-state index contributed by atoms with van der Waals surface area (Å²) in [7, 11) is 2.76. The molecular formula is C27H30IN5O8. The van der Waals surface area contributed by atoms with Crippen LogP contribution >= 0.6 is 22.6 Å². The molecule has 0 bridgehead atoms. The first-order valence-electron chi connectivity index (χ1n) is 12.3. The van der Waals surface area contributed by atoms with E-state index < -0.39 is 24.3 Å². The van der Waals surface area contributed by atoms with Crippen LogP contribution in [0.3, 0.4) is 0 Å². The lowest BCUT2D eigenvalue weighted by molar-refractivity contribution is -0.136. The first kappa shape index (κ1) is 31.3. The molecule has 1 aliphatic heterocycles. The molecule has 0 saturated heterocycles. The molecule has 41 heavy (non-hydrogen) atoms. The molecule has 3 rings (SSSR count). The number of methoxy groups -OCH3 is 2. The Morgan fingerprint density at radius 3 is 2.68 bits per heavy atom. The summed E-state index contributed by atoms with van der Waals surface area (Å²) in [6, 6.07) is 9.13. The number of nitrogens with one attached hydrogen (secondary N) is 3. The maximum atomic E-state index is 12.4. The van der Waals surface area contributed by atoms with E-state index in [0.717, 1.165) is 3.57 Å². The number of hydrogen-bond donors (Lipinski definition) is 4. The van der Waals surface area contributed by atoms with Crippen LogP contribution in [0.1, 0.15) is 31.0 Å². The van der Waals surface area contributed by atoms with E-state index in [2.05, 4.69) is 43.8 Å². The first-order chi connectivity index (χ1) is 19.7. The molecule has 2 aromatic carbocycles. The molecule has 1 aliphatic rings. The molecule has 0 saturated carbocycles. The largest absolute Gasteiger partial charge is 0.493 e. The van der Waals surface area contributed by atoms with Crippen LogP contribution in [0.15, 0.2) is 46.7 Å². The number of nitrogens with zero attached hydrogens (tertiary/aromatic N) is 2. The summed E-state index contributed by atoms with van der Waals surface area (Å²) >= 11 is 2.07. The predicted molar refractivity (Wildman–Crippen MR) is 156 cm³/mol. The SMILES string of the molecule is CCOc1cc([C@H]2NC(=O)NC(C)=C2C(=O)OC)ccc1OC[C@H](O)N/N=C\c1cc(I)c(OCC#N)c(OC)c1. The van der Waals surface area contributed by atoms with Crippen molar-refractivity contribution >= 4 is 40.8 Å². The van der Waals surface area contributed by atoms with E-state index >= 15 is 0 Å². The number of amides is 2. The molecule has 0 radical (unpaired) electrons. The fraction of sp³-hybridized carbons (Fsp3) is 0.333. The maximum absolute atomic E-state index is 12.4. The number of halogens is 1. The zero-order chi connectivity index (χ0) is 29.9. The van der Waals surface area contributed by atoms with Crippen molar-refractivity contribution in [1.29, 1.82) is 5.26 Å². The molecule has 2 atom stereocenters. The summed E-state index contributed by atoms with van der Waals surface area (Å²) in [5, 5.41) is 28.5. The quantitative estimate of drug-likeness (QED) is 0.0811. The summed E-state index contributed by atoms with van der Waals surface area (Å²) < 4.78 is 27.9. The van der Waals surface area contributed by atoms with Gasteiger partial charge in [-0.1, -0.05) is 6.07 Å². The number of aliphatic hydroxyl groups is 1. The van der Waals surface area contributed by atoms with Crippen LogP contribution in [0.5, 0.6) is 23.0 Å². The van der Waals surface area contributed by atoms with Crippen molar-refractivity contribution in [2.75, 3.05) is 34.0 Å². The molecule has 0 aromatic heterocycles. The molecule has 0 spiro atoms. The number of allylic oxidation sites excluding steroid dienone is 1. The van der Waals surface area contributed by atoms with Crippen molar-refractivity contribution in [2.45, 2.75) is 26.1 Å². The van der Waals surface area contributed by atoms with Gasteiger partial charge >= 0.3 is 12.0 Å². The minimum absolute atomic E-state index is 0.110. The second-order valence-electron chi connectivity index (χ2n) is 8.40. The maximum Gasteiger partial charge on any atom is 0.337 e. The average molecular weight is 679 g/mol. The fourth-order valence-corrected chi connectivity index (χ4v) is 4.66. The molecule has 1 heterocycles. The second kappa shape index (κ2) is 15.0. The number of carbonyl (C=O) groups excluding carboxylic acids is 2. The zero-order valence-corrected chi connectivity index (χ0v) is 25.0. The minimum Gasteiger partial charge on any atom is -0.493 e. The first-order valence-corrected chi connectivity index (χ1v) is 13.4. The van der Waals surface area contributed by atoms with Crippen LogP contribution < -0.4 is 35.0 Å². The number of hydrazone groups is 1.